The molecule has 144 valence electrons. The lowest BCUT2D eigenvalue weighted by molar-refractivity contribution is 0.0935. The van der Waals surface area contributed by atoms with Gasteiger partial charge in [-0.1, -0.05) is 19.1 Å². The molecule has 0 radical (unpaired) electrons. The fourth-order valence-electron chi connectivity index (χ4n) is 3.43. The van der Waals surface area contributed by atoms with Crippen LogP contribution in [0.25, 0.3) is 0 Å². The normalized spacial score (nSPS) is 15.3. The molecule has 0 unspecified atom stereocenters. The summed E-state index contributed by atoms with van der Waals surface area (Å²) in [6.45, 7) is 7.37. The van der Waals surface area contributed by atoms with Gasteiger partial charge < -0.3 is 19.7 Å². The van der Waals surface area contributed by atoms with Crippen molar-refractivity contribution in [1.82, 2.24) is 5.32 Å². The number of hydrogen-bond acceptors (Lipinski definition) is 4. The number of rotatable bonds is 6. The van der Waals surface area contributed by atoms with Crippen LogP contribution in [0.15, 0.2) is 42.5 Å². The lowest BCUT2D eigenvalue weighted by Gasteiger charge is -2.29. The average molecular weight is 368 g/mol. The molecule has 3 rings (SSSR count). The van der Waals surface area contributed by atoms with Crippen molar-refractivity contribution < 1.29 is 14.3 Å². The van der Waals surface area contributed by atoms with Gasteiger partial charge in [0, 0.05) is 24.3 Å². The lowest BCUT2D eigenvalue weighted by atomic mass is 10.0. The van der Waals surface area contributed by atoms with Gasteiger partial charge >= 0.3 is 0 Å². The molecule has 1 fully saturated rings. The van der Waals surface area contributed by atoms with E-state index in [1.54, 1.807) is 7.11 Å². The monoisotopic (exact) mass is 368 g/mol. The Hall–Kier alpha value is -2.53. The van der Waals surface area contributed by atoms with E-state index in [4.69, 9.17) is 9.47 Å². The van der Waals surface area contributed by atoms with Crippen molar-refractivity contribution in [2.45, 2.75) is 26.3 Å². The first-order chi connectivity index (χ1) is 13.1. The number of carbonyl (C=O) groups excluding carboxylic acids is 1. The topological polar surface area (TPSA) is 50.8 Å². The zero-order chi connectivity index (χ0) is 19.2. The van der Waals surface area contributed by atoms with Crippen LogP contribution >= 0.6 is 0 Å². The minimum atomic E-state index is -0.0520. The molecule has 1 saturated heterocycles. The van der Waals surface area contributed by atoms with Crippen LogP contribution in [0.5, 0.6) is 5.75 Å². The minimum Gasteiger partial charge on any atom is -0.496 e. The molecule has 0 aliphatic carbocycles. The van der Waals surface area contributed by atoms with Crippen LogP contribution in [0, 0.1) is 6.92 Å². The fraction of sp³-hybridized carbons (Fsp3) is 0.409. The van der Waals surface area contributed by atoms with Gasteiger partial charge in [0.2, 0.25) is 0 Å². The number of benzene rings is 2. The number of nitrogens with zero attached hydrogens (tertiary/aromatic N) is 1. The molecule has 1 amide bonds. The molecule has 5 heteroatoms. The Balaban J connectivity index is 1.68. The molecule has 1 heterocycles. The molecular weight excluding hydrogens is 340 g/mol. The second kappa shape index (κ2) is 8.91. The number of morpholine rings is 1. The van der Waals surface area contributed by atoms with Crippen LogP contribution < -0.4 is 15.0 Å². The quantitative estimate of drug-likeness (QED) is 0.844. The predicted octanol–water partition coefficient (Wildman–Crippen LogP) is 3.72. The van der Waals surface area contributed by atoms with E-state index in [0.29, 0.717) is 5.56 Å². The third-order valence-electron chi connectivity index (χ3n) is 5.04. The number of carbonyl (C=O) groups is 1. The zero-order valence-corrected chi connectivity index (χ0v) is 16.3. The second-order valence-electron chi connectivity index (χ2n) is 6.81. The summed E-state index contributed by atoms with van der Waals surface area (Å²) in [5, 5.41) is 3.15. The molecular formula is C22H28N2O3. The summed E-state index contributed by atoms with van der Waals surface area (Å²) in [7, 11) is 1.67. The smallest absolute Gasteiger partial charge is 0.251 e. The Morgan fingerprint density at radius 2 is 1.89 bits per heavy atom. The third kappa shape index (κ3) is 4.61. The standard InChI is InChI=1S/C22H28N2O3/c1-4-20(18-7-10-21(26-3)16(2)15-18)23-22(25)17-5-8-19(9-6-17)24-11-13-27-14-12-24/h5-10,15,20H,4,11-14H2,1-3H3,(H,23,25)/t20-/m0/s1. The first-order valence-corrected chi connectivity index (χ1v) is 9.50. The fourth-order valence-corrected chi connectivity index (χ4v) is 3.43. The summed E-state index contributed by atoms with van der Waals surface area (Å²) in [5.74, 6) is 0.808. The highest BCUT2D eigenvalue weighted by Gasteiger charge is 2.16. The van der Waals surface area contributed by atoms with E-state index in [-0.39, 0.29) is 11.9 Å². The van der Waals surface area contributed by atoms with Crippen molar-refractivity contribution in [3.8, 4) is 5.75 Å². The molecule has 0 spiro atoms. The summed E-state index contributed by atoms with van der Waals surface area (Å²) in [6, 6.07) is 13.8. The number of ether oxygens (including phenoxy) is 2. The van der Waals surface area contributed by atoms with Crippen molar-refractivity contribution in [1.29, 1.82) is 0 Å². The van der Waals surface area contributed by atoms with Gasteiger partial charge in [-0.3, -0.25) is 4.79 Å². The molecule has 2 aromatic carbocycles. The molecule has 5 nitrogen and oxygen atoms in total. The van der Waals surface area contributed by atoms with E-state index in [9.17, 15) is 4.79 Å². The van der Waals surface area contributed by atoms with E-state index in [0.717, 1.165) is 55.3 Å². The number of hydrogen-bond donors (Lipinski definition) is 1. The van der Waals surface area contributed by atoms with Gasteiger partial charge in [-0.25, -0.2) is 0 Å². The highest BCUT2D eigenvalue weighted by atomic mass is 16.5. The summed E-state index contributed by atoms with van der Waals surface area (Å²) in [6.07, 6.45) is 0.823. The van der Waals surface area contributed by atoms with Gasteiger partial charge in [-0.15, -0.1) is 0 Å². The molecule has 1 aliphatic rings. The Morgan fingerprint density at radius 3 is 2.48 bits per heavy atom. The van der Waals surface area contributed by atoms with E-state index in [1.807, 2.05) is 43.3 Å². The largest absolute Gasteiger partial charge is 0.496 e. The van der Waals surface area contributed by atoms with Crippen molar-refractivity contribution in [3.05, 3.63) is 59.2 Å². The van der Waals surface area contributed by atoms with Gasteiger partial charge in [0.1, 0.15) is 5.75 Å². The summed E-state index contributed by atoms with van der Waals surface area (Å²) in [4.78, 5) is 15.0. The van der Waals surface area contributed by atoms with Gasteiger partial charge in [0.15, 0.2) is 0 Å². The van der Waals surface area contributed by atoms with Crippen molar-refractivity contribution in [3.63, 3.8) is 0 Å². The highest BCUT2D eigenvalue weighted by molar-refractivity contribution is 5.94. The average Bonchev–Trinajstić information content (AvgIpc) is 2.72. The van der Waals surface area contributed by atoms with E-state index < -0.39 is 0 Å². The van der Waals surface area contributed by atoms with Gasteiger partial charge in [-0.05, 0) is 54.8 Å². The highest BCUT2D eigenvalue weighted by Crippen LogP contribution is 2.25. The van der Waals surface area contributed by atoms with Crippen LogP contribution in [-0.2, 0) is 4.74 Å². The van der Waals surface area contributed by atoms with Crippen LogP contribution in [0.2, 0.25) is 0 Å². The van der Waals surface area contributed by atoms with Crippen molar-refractivity contribution in [2.24, 2.45) is 0 Å². The zero-order valence-electron chi connectivity index (χ0n) is 16.3. The van der Waals surface area contributed by atoms with Crippen LogP contribution in [-0.4, -0.2) is 39.3 Å². The lowest BCUT2D eigenvalue weighted by Crippen LogP contribution is -2.36. The maximum atomic E-state index is 12.7. The second-order valence-corrected chi connectivity index (χ2v) is 6.81. The van der Waals surface area contributed by atoms with Gasteiger partial charge in [-0.2, -0.15) is 0 Å². The Labute approximate surface area is 161 Å². The summed E-state index contributed by atoms with van der Waals surface area (Å²) in [5.41, 5.74) is 3.97. The Morgan fingerprint density at radius 1 is 1.19 bits per heavy atom. The number of anilines is 1. The Kier molecular flexibility index (Phi) is 6.35. The predicted molar refractivity (Wildman–Crippen MR) is 108 cm³/mol. The molecule has 1 aliphatic heterocycles. The maximum absolute atomic E-state index is 12.7. The maximum Gasteiger partial charge on any atom is 0.251 e. The van der Waals surface area contributed by atoms with Gasteiger partial charge in [0.25, 0.3) is 5.91 Å². The van der Waals surface area contributed by atoms with E-state index in [1.165, 1.54) is 0 Å². The molecule has 27 heavy (non-hydrogen) atoms. The number of amides is 1. The SMILES string of the molecule is CC[C@H](NC(=O)c1ccc(N2CCOCC2)cc1)c1ccc(OC)c(C)c1. The minimum absolute atomic E-state index is 0.0268. The van der Waals surface area contributed by atoms with Crippen LogP contribution in [0.1, 0.15) is 40.9 Å². The molecule has 0 bridgehead atoms. The number of methoxy groups -OCH3 is 1. The Bertz CT molecular complexity index is 768. The number of nitrogens with one attached hydrogen (secondary N) is 1. The molecule has 1 atom stereocenters. The third-order valence-corrected chi connectivity index (χ3v) is 5.04. The van der Waals surface area contributed by atoms with Crippen LogP contribution in [0.3, 0.4) is 0 Å². The summed E-state index contributed by atoms with van der Waals surface area (Å²) < 4.78 is 10.7. The van der Waals surface area contributed by atoms with Crippen LogP contribution in [0.4, 0.5) is 5.69 Å². The first kappa shape index (κ1) is 19.2. The molecule has 0 aromatic heterocycles. The summed E-state index contributed by atoms with van der Waals surface area (Å²) >= 11 is 0. The van der Waals surface area contributed by atoms with Crippen molar-refractivity contribution >= 4 is 11.6 Å². The first-order valence-electron chi connectivity index (χ1n) is 9.50. The molecule has 1 N–H and O–H groups in total. The van der Waals surface area contributed by atoms with Gasteiger partial charge in [0.05, 0.1) is 26.4 Å². The molecule has 0 saturated carbocycles. The number of aryl methyl sites for hydroxylation is 1. The van der Waals surface area contributed by atoms with E-state index >= 15 is 0 Å². The van der Waals surface area contributed by atoms with E-state index in [2.05, 4.69) is 23.2 Å². The van der Waals surface area contributed by atoms with Crippen molar-refractivity contribution in [2.75, 3.05) is 38.3 Å². The molecule has 2 aromatic rings.